The first-order valence-electron chi connectivity index (χ1n) is 7.55. The number of thioether (sulfide) groups is 1. The molecule has 0 atom stereocenters. The molecule has 7 heteroatoms. The molecule has 118 valence electrons. The van der Waals surface area contributed by atoms with E-state index in [1.165, 1.54) is 35.9 Å². The molecule has 1 amide bonds. The Bertz CT molecular complexity index is 624. The largest absolute Gasteiger partial charge is 0.340 e. The van der Waals surface area contributed by atoms with Crippen molar-refractivity contribution in [1.82, 2.24) is 19.7 Å². The molecule has 1 aliphatic rings. The van der Waals surface area contributed by atoms with Crippen LogP contribution in [-0.2, 0) is 24.3 Å². The van der Waals surface area contributed by atoms with Gasteiger partial charge in [-0.25, -0.2) is 0 Å². The zero-order chi connectivity index (χ0) is 15.4. The predicted molar refractivity (Wildman–Crippen MR) is 89.1 cm³/mol. The maximum Gasteiger partial charge on any atom is 0.233 e. The Labute approximate surface area is 138 Å². The number of carbonyl (C=O) groups is 1. The Morgan fingerprint density at radius 3 is 3.14 bits per heavy atom. The molecule has 2 aromatic heterocycles. The van der Waals surface area contributed by atoms with E-state index in [1.807, 2.05) is 18.5 Å². The van der Waals surface area contributed by atoms with Gasteiger partial charge in [0.2, 0.25) is 5.91 Å². The van der Waals surface area contributed by atoms with E-state index in [2.05, 4.69) is 20.8 Å². The van der Waals surface area contributed by atoms with E-state index in [9.17, 15) is 4.79 Å². The summed E-state index contributed by atoms with van der Waals surface area (Å²) in [5, 5.41) is 11.4. The van der Waals surface area contributed by atoms with Gasteiger partial charge in [-0.1, -0.05) is 24.2 Å². The second-order valence-electron chi connectivity index (χ2n) is 5.48. The number of hydrogen-bond acceptors (Lipinski definition) is 5. The summed E-state index contributed by atoms with van der Waals surface area (Å²) in [7, 11) is 1.85. The number of aromatic nitrogens is 3. The Balaban J connectivity index is 1.56. The van der Waals surface area contributed by atoms with E-state index < -0.39 is 0 Å². The predicted octanol–water partition coefficient (Wildman–Crippen LogP) is 2.82. The van der Waals surface area contributed by atoms with E-state index >= 15 is 0 Å². The summed E-state index contributed by atoms with van der Waals surface area (Å²) >= 11 is 3.18. The van der Waals surface area contributed by atoms with Gasteiger partial charge in [0.1, 0.15) is 5.82 Å². The highest BCUT2D eigenvalue weighted by Crippen LogP contribution is 2.22. The number of aryl methyl sites for hydroxylation is 1. The van der Waals surface area contributed by atoms with E-state index in [0.717, 1.165) is 23.9 Å². The van der Waals surface area contributed by atoms with Gasteiger partial charge in [0.15, 0.2) is 5.16 Å². The summed E-state index contributed by atoms with van der Waals surface area (Å²) in [6.45, 7) is 1.65. The van der Waals surface area contributed by atoms with Crippen molar-refractivity contribution in [2.24, 2.45) is 0 Å². The van der Waals surface area contributed by atoms with Crippen LogP contribution in [0.3, 0.4) is 0 Å². The van der Waals surface area contributed by atoms with E-state index in [4.69, 9.17) is 0 Å². The minimum absolute atomic E-state index is 0.129. The van der Waals surface area contributed by atoms with Crippen molar-refractivity contribution in [3.63, 3.8) is 0 Å². The van der Waals surface area contributed by atoms with Crippen LogP contribution >= 0.6 is 23.1 Å². The summed E-state index contributed by atoms with van der Waals surface area (Å²) in [4.78, 5) is 15.2. The molecule has 0 unspecified atom stereocenters. The third-order valence-electron chi connectivity index (χ3n) is 3.80. The summed E-state index contributed by atoms with van der Waals surface area (Å²) in [5.74, 6) is 1.61. The fourth-order valence-corrected chi connectivity index (χ4v) is 4.21. The van der Waals surface area contributed by atoms with Gasteiger partial charge in [-0.3, -0.25) is 4.79 Å². The van der Waals surface area contributed by atoms with Crippen molar-refractivity contribution >= 4 is 29.0 Å². The monoisotopic (exact) mass is 336 g/mol. The third kappa shape index (κ3) is 3.70. The Kier molecular flexibility index (Phi) is 5.15. The minimum Gasteiger partial charge on any atom is -0.340 e. The number of nitrogens with zero attached hydrogens (tertiary/aromatic N) is 4. The van der Waals surface area contributed by atoms with Crippen LogP contribution < -0.4 is 0 Å². The first-order valence-corrected chi connectivity index (χ1v) is 9.42. The average molecular weight is 336 g/mol. The lowest BCUT2D eigenvalue weighted by molar-refractivity contribution is -0.127. The zero-order valence-electron chi connectivity index (χ0n) is 12.7. The third-order valence-corrected chi connectivity index (χ3v) is 5.61. The summed E-state index contributed by atoms with van der Waals surface area (Å²) in [6, 6.07) is 4.07. The SMILES string of the molecule is CN(Cc1cccs1)C(=O)CSc1nnc2n1CCCCC2. The lowest BCUT2D eigenvalue weighted by Gasteiger charge is -2.16. The molecular formula is C15H20N4OS2. The Hall–Kier alpha value is -1.34. The van der Waals surface area contributed by atoms with E-state index in [1.54, 1.807) is 16.2 Å². The maximum absolute atomic E-state index is 12.3. The van der Waals surface area contributed by atoms with Crippen molar-refractivity contribution in [1.29, 1.82) is 0 Å². The normalized spacial score (nSPS) is 14.4. The number of rotatable bonds is 5. The van der Waals surface area contributed by atoms with Gasteiger partial charge >= 0.3 is 0 Å². The molecule has 0 aliphatic carbocycles. The van der Waals surface area contributed by atoms with Crippen molar-refractivity contribution in [3.05, 3.63) is 28.2 Å². The fraction of sp³-hybridized carbons (Fsp3) is 0.533. The lowest BCUT2D eigenvalue weighted by Crippen LogP contribution is -2.27. The zero-order valence-corrected chi connectivity index (χ0v) is 14.3. The van der Waals surface area contributed by atoms with Gasteiger partial charge in [0, 0.05) is 24.9 Å². The van der Waals surface area contributed by atoms with Gasteiger partial charge in [-0.15, -0.1) is 21.5 Å². The van der Waals surface area contributed by atoms with Crippen LogP contribution in [0.25, 0.3) is 0 Å². The van der Waals surface area contributed by atoms with Gasteiger partial charge in [-0.05, 0) is 24.3 Å². The molecule has 0 radical (unpaired) electrons. The fourth-order valence-electron chi connectivity index (χ4n) is 2.53. The number of thiophene rings is 1. The van der Waals surface area contributed by atoms with Crippen LogP contribution in [0, 0.1) is 0 Å². The molecule has 0 saturated heterocycles. The molecule has 5 nitrogen and oxygen atoms in total. The topological polar surface area (TPSA) is 51.0 Å². The van der Waals surface area contributed by atoms with Crippen LogP contribution in [0.4, 0.5) is 0 Å². The van der Waals surface area contributed by atoms with Crippen molar-refractivity contribution in [3.8, 4) is 0 Å². The second kappa shape index (κ2) is 7.28. The summed E-state index contributed by atoms with van der Waals surface area (Å²) in [6.07, 6.45) is 4.60. The quantitative estimate of drug-likeness (QED) is 0.788. The Morgan fingerprint density at radius 2 is 2.32 bits per heavy atom. The molecule has 0 fully saturated rings. The molecule has 0 saturated carbocycles. The molecule has 0 aromatic carbocycles. The number of hydrogen-bond donors (Lipinski definition) is 0. The molecule has 3 rings (SSSR count). The number of carbonyl (C=O) groups excluding carboxylic acids is 1. The van der Waals surface area contributed by atoms with Crippen molar-refractivity contribution in [2.45, 2.75) is 43.9 Å². The van der Waals surface area contributed by atoms with Crippen LogP contribution in [0.2, 0.25) is 0 Å². The standard InChI is InChI=1S/C15H20N4OS2/c1-18(10-12-6-5-9-21-12)14(20)11-22-15-17-16-13-7-3-2-4-8-19(13)15/h5-6,9H,2-4,7-8,10-11H2,1H3. The van der Waals surface area contributed by atoms with Crippen LogP contribution in [0.1, 0.15) is 30.0 Å². The van der Waals surface area contributed by atoms with Crippen LogP contribution in [0.5, 0.6) is 0 Å². The van der Waals surface area contributed by atoms with Crippen LogP contribution in [0.15, 0.2) is 22.7 Å². The molecule has 22 heavy (non-hydrogen) atoms. The highest BCUT2D eigenvalue weighted by molar-refractivity contribution is 7.99. The molecular weight excluding hydrogens is 316 g/mol. The van der Waals surface area contributed by atoms with Crippen molar-refractivity contribution < 1.29 is 4.79 Å². The van der Waals surface area contributed by atoms with Gasteiger partial charge in [0.25, 0.3) is 0 Å². The highest BCUT2D eigenvalue weighted by Gasteiger charge is 2.17. The lowest BCUT2D eigenvalue weighted by atomic mass is 10.2. The average Bonchev–Trinajstić information content (AvgIpc) is 3.09. The second-order valence-corrected chi connectivity index (χ2v) is 7.45. The molecule has 0 spiro atoms. The minimum atomic E-state index is 0.129. The van der Waals surface area contributed by atoms with Crippen LogP contribution in [-0.4, -0.2) is 38.4 Å². The molecule has 3 heterocycles. The first kappa shape index (κ1) is 15.6. The highest BCUT2D eigenvalue weighted by atomic mass is 32.2. The van der Waals surface area contributed by atoms with Gasteiger partial charge in [-0.2, -0.15) is 0 Å². The molecule has 0 N–H and O–H groups in total. The van der Waals surface area contributed by atoms with E-state index in [0.29, 0.717) is 12.3 Å². The van der Waals surface area contributed by atoms with E-state index in [-0.39, 0.29) is 5.91 Å². The number of amides is 1. The maximum atomic E-state index is 12.3. The summed E-state index contributed by atoms with van der Waals surface area (Å²) in [5.41, 5.74) is 0. The smallest absolute Gasteiger partial charge is 0.233 e. The molecule has 0 bridgehead atoms. The first-order chi connectivity index (χ1) is 10.7. The molecule has 2 aromatic rings. The molecule has 1 aliphatic heterocycles. The Morgan fingerprint density at radius 1 is 1.41 bits per heavy atom. The summed E-state index contributed by atoms with van der Waals surface area (Å²) < 4.78 is 2.18. The van der Waals surface area contributed by atoms with Crippen molar-refractivity contribution in [2.75, 3.05) is 12.8 Å². The van der Waals surface area contributed by atoms with Gasteiger partial charge in [0.05, 0.1) is 12.3 Å². The number of fused-ring (bicyclic) bond motifs is 1. The van der Waals surface area contributed by atoms with Gasteiger partial charge < -0.3 is 9.47 Å².